The Labute approximate surface area is 164 Å². The largest absolute Gasteiger partial charge is 0.465 e. The van der Waals surface area contributed by atoms with Gasteiger partial charge < -0.3 is 10.4 Å². The molecule has 0 saturated heterocycles. The molecule has 3 rings (SSSR count). The second kappa shape index (κ2) is 7.93. The van der Waals surface area contributed by atoms with Gasteiger partial charge >= 0.3 is 6.09 Å². The van der Waals surface area contributed by atoms with E-state index in [0.717, 1.165) is 16.8 Å². The van der Waals surface area contributed by atoms with E-state index < -0.39 is 23.5 Å². The maximum Gasteiger partial charge on any atom is 0.405 e. The Bertz CT molecular complexity index is 1100. The van der Waals surface area contributed by atoms with E-state index >= 15 is 0 Å². The molecule has 1 atom stereocenters. The summed E-state index contributed by atoms with van der Waals surface area (Å²) in [5.74, 6) is -0.396. The molecule has 2 heterocycles. The molecule has 0 radical (unpaired) electrons. The van der Waals surface area contributed by atoms with Crippen molar-refractivity contribution in [2.75, 3.05) is 0 Å². The number of hydrogen-bond acceptors (Lipinski definition) is 4. The summed E-state index contributed by atoms with van der Waals surface area (Å²) in [5.41, 5.74) is -0.0664. The fraction of sp³-hybridized carbons (Fsp3) is 0.263. The number of amides is 1. The lowest BCUT2D eigenvalue weighted by molar-refractivity contribution is 0.187. The van der Waals surface area contributed by atoms with Crippen molar-refractivity contribution in [3.63, 3.8) is 0 Å². The number of aromatic nitrogens is 3. The van der Waals surface area contributed by atoms with Crippen molar-refractivity contribution in [3.05, 3.63) is 63.7 Å². The minimum absolute atomic E-state index is 0.0999. The Balaban J connectivity index is 2.38. The number of benzene rings is 1. The second-order valence-electron chi connectivity index (χ2n) is 6.74. The van der Waals surface area contributed by atoms with Crippen molar-refractivity contribution in [2.45, 2.75) is 26.3 Å². The van der Waals surface area contributed by atoms with Crippen molar-refractivity contribution < 1.29 is 14.3 Å². The Morgan fingerprint density at radius 3 is 2.75 bits per heavy atom. The standard InChI is InChI=1S/C19H18ClFN4O3/c1-10(2)6-15(24-19(27)28)17-23-14-5-3-4-13(20)16(14)18(26)25(17)12-7-11(21)8-22-9-12/h3-5,7-10,15,24H,6H2,1-2H3,(H,27,28)/t15-/m0/s1. The van der Waals surface area contributed by atoms with Gasteiger partial charge in [-0.25, -0.2) is 14.2 Å². The first-order valence-electron chi connectivity index (χ1n) is 8.59. The molecule has 0 aliphatic heterocycles. The first kappa shape index (κ1) is 19.8. The van der Waals surface area contributed by atoms with Crippen LogP contribution in [0.15, 0.2) is 41.5 Å². The first-order valence-corrected chi connectivity index (χ1v) is 8.97. The molecule has 0 spiro atoms. The van der Waals surface area contributed by atoms with Crippen molar-refractivity contribution in [1.29, 1.82) is 0 Å². The summed E-state index contributed by atoms with van der Waals surface area (Å²) in [6.45, 7) is 3.83. The Morgan fingerprint density at radius 2 is 2.11 bits per heavy atom. The highest BCUT2D eigenvalue weighted by molar-refractivity contribution is 6.35. The van der Waals surface area contributed by atoms with Crippen LogP contribution < -0.4 is 10.9 Å². The molecule has 1 aromatic carbocycles. The van der Waals surface area contributed by atoms with E-state index in [9.17, 15) is 19.1 Å². The molecular weight excluding hydrogens is 387 g/mol. The summed E-state index contributed by atoms with van der Waals surface area (Å²) in [7, 11) is 0. The molecule has 7 nitrogen and oxygen atoms in total. The van der Waals surface area contributed by atoms with Gasteiger partial charge in [0.1, 0.15) is 11.6 Å². The van der Waals surface area contributed by atoms with Gasteiger partial charge in [0.15, 0.2) is 0 Å². The number of halogens is 2. The van der Waals surface area contributed by atoms with Crippen LogP contribution in [-0.4, -0.2) is 25.7 Å². The van der Waals surface area contributed by atoms with E-state index in [2.05, 4.69) is 15.3 Å². The zero-order chi connectivity index (χ0) is 20.4. The monoisotopic (exact) mass is 404 g/mol. The number of carbonyl (C=O) groups is 1. The number of carboxylic acid groups (broad SMARTS) is 1. The van der Waals surface area contributed by atoms with E-state index in [0.29, 0.717) is 11.9 Å². The van der Waals surface area contributed by atoms with E-state index in [1.54, 1.807) is 18.2 Å². The minimum atomic E-state index is -1.25. The Kier molecular flexibility index (Phi) is 5.60. The van der Waals surface area contributed by atoms with Crippen LogP contribution in [0, 0.1) is 11.7 Å². The molecule has 0 bridgehead atoms. The highest BCUT2D eigenvalue weighted by atomic mass is 35.5. The van der Waals surface area contributed by atoms with Gasteiger partial charge in [0.25, 0.3) is 5.56 Å². The molecule has 0 aliphatic rings. The third-order valence-electron chi connectivity index (χ3n) is 4.14. The maximum atomic E-state index is 13.8. The topological polar surface area (TPSA) is 97.1 Å². The van der Waals surface area contributed by atoms with Crippen LogP contribution in [-0.2, 0) is 0 Å². The Hall–Kier alpha value is -3.00. The van der Waals surface area contributed by atoms with Gasteiger partial charge in [-0.05, 0) is 24.5 Å². The molecular formula is C19H18ClFN4O3. The molecule has 0 fully saturated rings. The average molecular weight is 405 g/mol. The molecule has 3 aromatic rings. The third kappa shape index (κ3) is 3.96. The zero-order valence-electron chi connectivity index (χ0n) is 15.2. The van der Waals surface area contributed by atoms with Gasteiger partial charge in [-0.2, -0.15) is 0 Å². The van der Waals surface area contributed by atoms with Crippen LogP contribution >= 0.6 is 11.6 Å². The maximum absolute atomic E-state index is 13.8. The van der Waals surface area contributed by atoms with Crippen LogP contribution in [0.1, 0.15) is 32.1 Å². The fourth-order valence-corrected chi connectivity index (χ4v) is 3.31. The van der Waals surface area contributed by atoms with E-state index in [1.807, 2.05) is 13.8 Å². The summed E-state index contributed by atoms with van der Waals surface area (Å²) >= 11 is 6.20. The molecule has 2 N–H and O–H groups in total. The molecule has 0 unspecified atom stereocenters. The summed E-state index contributed by atoms with van der Waals surface area (Å²) in [4.78, 5) is 32.9. The summed E-state index contributed by atoms with van der Waals surface area (Å²) in [6.07, 6.45) is 1.45. The molecule has 2 aromatic heterocycles. The minimum Gasteiger partial charge on any atom is -0.465 e. The molecule has 28 heavy (non-hydrogen) atoms. The van der Waals surface area contributed by atoms with Crippen LogP contribution in [0.2, 0.25) is 5.02 Å². The van der Waals surface area contributed by atoms with Crippen molar-refractivity contribution >= 4 is 28.6 Å². The molecule has 1 amide bonds. The summed E-state index contributed by atoms with van der Waals surface area (Å²) in [5, 5.41) is 12.0. The van der Waals surface area contributed by atoms with Crippen molar-refractivity contribution in [1.82, 2.24) is 19.9 Å². The first-order chi connectivity index (χ1) is 13.3. The number of rotatable bonds is 5. The van der Waals surface area contributed by atoms with E-state index in [-0.39, 0.29) is 27.8 Å². The Morgan fingerprint density at radius 1 is 1.36 bits per heavy atom. The average Bonchev–Trinajstić information content (AvgIpc) is 2.60. The number of nitrogens with one attached hydrogen (secondary N) is 1. The van der Waals surface area contributed by atoms with Crippen LogP contribution in [0.4, 0.5) is 9.18 Å². The SMILES string of the molecule is CC(C)C[C@H](NC(=O)O)c1nc2cccc(Cl)c2c(=O)n1-c1cncc(F)c1. The quantitative estimate of drug-likeness (QED) is 0.671. The van der Waals surface area contributed by atoms with Crippen LogP contribution in [0.3, 0.4) is 0 Å². The second-order valence-corrected chi connectivity index (χ2v) is 7.14. The predicted molar refractivity (Wildman–Crippen MR) is 103 cm³/mol. The normalized spacial score (nSPS) is 12.3. The highest BCUT2D eigenvalue weighted by Crippen LogP contribution is 2.26. The molecule has 0 saturated carbocycles. The van der Waals surface area contributed by atoms with Crippen LogP contribution in [0.25, 0.3) is 16.6 Å². The van der Waals surface area contributed by atoms with Gasteiger partial charge in [0.05, 0.1) is 40.0 Å². The lowest BCUT2D eigenvalue weighted by atomic mass is 10.0. The van der Waals surface area contributed by atoms with Crippen molar-refractivity contribution in [3.8, 4) is 5.69 Å². The molecule has 146 valence electrons. The van der Waals surface area contributed by atoms with E-state index in [1.165, 1.54) is 6.20 Å². The lowest BCUT2D eigenvalue weighted by Crippen LogP contribution is -2.34. The molecule has 0 aliphatic carbocycles. The van der Waals surface area contributed by atoms with Gasteiger partial charge in [-0.1, -0.05) is 31.5 Å². The zero-order valence-corrected chi connectivity index (χ0v) is 15.9. The van der Waals surface area contributed by atoms with E-state index in [4.69, 9.17) is 11.6 Å². The van der Waals surface area contributed by atoms with Gasteiger partial charge in [-0.3, -0.25) is 14.3 Å². The summed E-state index contributed by atoms with van der Waals surface area (Å²) < 4.78 is 15.0. The lowest BCUT2D eigenvalue weighted by Gasteiger charge is -2.23. The van der Waals surface area contributed by atoms with Gasteiger partial charge in [-0.15, -0.1) is 0 Å². The number of pyridine rings is 1. The van der Waals surface area contributed by atoms with Crippen molar-refractivity contribution in [2.24, 2.45) is 5.92 Å². The number of fused-ring (bicyclic) bond motifs is 1. The highest BCUT2D eigenvalue weighted by Gasteiger charge is 2.24. The van der Waals surface area contributed by atoms with Crippen LogP contribution in [0.5, 0.6) is 0 Å². The third-order valence-corrected chi connectivity index (χ3v) is 4.45. The molecule has 9 heteroatoms. The van der Waals surface area contributed by atoms with Gasteiger partial charge in [0, 0.05) is 6.07 Å². The summed E-state index contributed by atoms with van der Waals surface area (Å²) in [6, 6.07) is 5.17. The number of hydrogen-bond donors (Lipinski definition) is 2. The number of nitrogens with zero attached hydrogens (tertiary/aromatic N) is 3. The smallest absolute Gasteiger partial charge is 0.405 e. The predicted octanol–water partition coefficient (Wildman–Crippen LogP) is 3.93. The fourth-order valence-electron chi connectivity index (χ4n) is 3.06. The van der Waals surface area contributed by atoms with Gasteiger partial charge in [0.2, 0.25) is 0 Å².